The number of benzene rings is 1. The molecule has 0 aliphatic heterocycles. The Balaban J connectivity index is 2.12. The molecule has 0 saturated heterocycles. The predicted octanol–water partition coefficient (Wildman–Crippen LogP) is 2.71. The van der Waals surface area contributed by atoms with Gasteiger partial charge in [0, 0.05) is 12.3 Å². The van der Waals surface area contributed by atoms with Crippen molar-refractivity contribution in [1.82, 2.24) is 4.98 Å². The van der Waals surface area contributed by atoms with Crippen LogP contribution in [0.2, 0.25) is 0 Å². The average molecular weight is 248 g/mol. The monoisotopic (exact) mass is 248 g/mol. The van der Waals surface area contributed by atoms with Gasteiger partial charge in [-0.05, 0) is 23.8 Å². The van der Waals surface area contributed by atoms with E-state index in [1.165, 1.54) is 18.3 Å². The molecule has 0 amide bonds. The van der Waals surface area contributed by atoms with Crippen molar-refractivity contribution in [3.8, 4) is 5.75 Å². The van der Waals surface area contributed by atoms with Crippen molar-refractivity contribution >= 4 is 5.69 Å². The maximum atomic E-state index is 13.1. The number of hydrogen-bond acceptors (Lipinski definition) is 4. The first-order valence-corrected chi connectivity index (χ1v) is 5.12. The molecule has 2 aromatic rings. The molecule has 0 atom stereocenters. The van der Waals surface area contributed by atoms with Gasteiger partial charge in [0.2, 0.25) is 0 Å². The molecule has 1 aromatic heterocycles. The molecule has 92 valence electrons. The Kier molecular flexibility index (Phi) is 3.47. The van der Waals surface area contributed by atoms with Crippen molar-refractivity contribution < 1.29 is 14.1 Å². The summed E-state index contributed by atoms with van der Waals surface area (Å²) >= 11 is 0. The summed E-state index contributed by atoms with van der Waals surface area (Å²) in [6, 6.07) is 6.74. The molecule has 0 saturated carbocycles. The highest BCUT2D eigenvalue weighted by atomic mass is 19.1. The normalized spacial score (nSPS) is 10.1. The highest BCUT2D eigenvalue weighted by molar-refractivity contribution is 5.35. The number of rotatable bonds is 4. The van der Waals surface area contributed by atoms with E-state index < -0.39 is 10.7 Å². The summed E-state index contributed by atoms with van der Waals surface area (Å²) in [5, 5.41) is 10.6. The van der Waals surface area contributed by atoms with Crippen LogP contribution in [0.15, 0.2) is 42.7 Å². The predicted molar refractivity (Wildman–Crippen MR) is 61.6 cm³/mol. The number of ether oxygens (including phenoxy) is 1. The number of hydrogen-bond donors (Lipinski definition) is 0. The van der Waals surface area contributed by atoms with E-state index in [4.69, 9.17) is 4.74 Å². The number of pyridine rings is 1. The molecular weight excluding hydrogens is 239 g/mol. The number of aromatic nitrogens is 1. The summed E-state index contributed by atoms with van der Waals surface area (Å²) in [6.45, 7) is 0.0459. The van der Waals surface area contributed by atoms with Crippen molar-refractivity contribution in [2.45, 2.75) is 6.61 Å². The summed E-state index contributed by atoms with van der Waals surface area (Å²) in [6.07, 6.45) is 3.10. The molecular formula is C12H9FN2O3. The van der Waals surface area contributed by atoms with Gasteiger partial charge >= 0.3 is 0 Å². The summed E-state index contributed by atoms with van der Waals surface area (Å²) < 4.78 is 18.5. The minimum absolute atomic E-state index is 0.0459. The smallest absolute Gasteiger partial charge is 0.272 e. The van der Waals surface area contributed by atoms with Crippen molar-refractivity contribution in [2.75, 3.05) is 0 Å². The van der Waals surface area contributed by atoms with Crippen molar-refractivity contribution in [1.29, 1.82) is 0 Å². The average Bonchev–Trinajstić information content (AvgIpc) is 2.37. The molecule has 1 aromatic carbocycles. The van der Waals surface area contributed by atoms with Crippen LogP contribution in [-0.2, 0) is 6.61 Å². The second kappa shape index (κ2) is 5.22. The van der Waals surface area contributed by atoms with Gasteiger partial charge in [-0.3, -0.25) is 15.1 Å². The maximum Gasteiger partial charge on any atom is 0.272 e. The molecule has 6 heteroatoms. The molecule has 0 N–H and O–H groups in total. The van der Waals surface area contributed by atoms with Gasteiger partial charge in [0.25, 0.3) is 5.69 Å². The molecule has 0 bridgehead atoms. The number of nitro benzene ring substituents is 1. The first-order chi connectivity index (χ1) is 8.65. The van der Waals surface area contributed by atoms with Crippen molar-refractivity contribution in [3.05, 3.63) is 64.2 Å². The second-order valence-electron chi connectivity index (χ2n) is 3.55. The lowest BCUT2D eigenvalue weighted by atomic mass is 10.2. The van der Waals surface area contributed by atoms with Crippen LogP contribution in [0.3, 0.4) is 0 Å². The molecule has 18 heavy (non-hydrogen) atoms. The summed E-state index contributed by atoms with van der Waals surface area (Å²) in [5.74, 6) is -0.140. The summed E-state index contributed by atoms with van der Waals surface area (Å²) in [5.41, 5.74) is 0.102. The lowest BCUT2D eigenvalue weighted by molar-refractivity contribution is -0.385. The van der Waals surface area contributed by atoms with Gasteiger partial charge in [-0.1, -0.05) is 0 Å². The Labute approximate surface area is 102 Å². The Morgan fingerprint density at radius 1 is 1.39 bits per heavy atom. The number of nitro groups is 1. The Bertz CT molecular complexity index is 561. The van der Waals surface area contributed by atoms with Gasteiger partial charge in [0.1, 0.15) is 18.2 Å². The lowest BCUT2D eigenvalue weighted by Crippen LogP contribution is -1.98. The SMILES string of the molecule is O=[N+]([O-])c1cc(F)cc(COc2cccnc2)c1. The second-order valence-corrected chi connectivity index (χ2v) is 3.55. The van der Waals surface area contributed by atoms with Crippen LogP contribution < -0.4 is 4.74 Å². The fourth-order valence-electron chi connectivity index (χ4n) is 1.42. The summed E-state index contributed by atoms with van der Waals surface area (Å²) in [7, 11) is 0. The fraction of sp³-hybridized carbons (Fsp3) is 0.0833. The van der Waals surface area contributed by atoms with Gasteiger partial charge in [-0.15, -0.1) is 0 Å². The third-order valence-corrected chi connectivity index (χ3v) is 2.19. The first-order valence-electron chi connectivity index (χ1n) is 5.12. The van der Waals surface area contributed by atoms with Gasteiger partial charge < -0.3 is 4.74 Å². The topological polar surface area (TPSA) is 65.3 Å². The minimum atomic E-state index is -0.658. The molecule has 5 nitrogen and oxygen atoms in total. The minimum Gasteiger partial charge on any atom is -0.487 e. The molecule has 0 spiro atoms. The molecule has 0 unspecified atom stereocenters. The number of nitrogens with zero attached hydrogens (tertiary/aromatic N) is 2. The van der Waals surface area contributed by atoms with Crippen molar-refractivity contribution in [3.63, 3.8) is 0 Å². The van der Waals surface area contributed by atoms with Crippen molar-refractivity contribution in [2.24, 2.45) is 0 Å². The van der Waals surface area contributed by atoms with Crippen LogP contribution in [0.5, 0.6) is 5.75 Å². The van der Waals surface area contributed by atoms with E-state index in [0.29, 0.717) is 11.3 Å². The number of halogens is 1. The molecule has 0 fully saturated rings. The van der Waals surface area contributed by atoms with E-state index in [1.807, 2.05) is 0 Å². The Morgan fingerprint density at radius 3 is 2.89 bits per heavy atom. The van der Waals surface area contributed by atoms with Crippen LogP contribution >= 0.6 is 0 Å². The highest BCUT2D eigenvalue weighted by Gasteiger charge is 2.10. The van der Waals surface area contributed by atoms with E-state index in [2.05, 4.69) is 4.98 Å². The van der Waals surface area contributed by atoms with Gasteiger partial charge in [0.15, 0.2) is 0 Å². The molecule has 0 aliphatic rings. The fourth-order valence-corrected chi connectivity index (χ4v) is 1.42. The standard InChI is InChI=1S/C12H9FN2O3/c13-10-4-9(5-11(6-10)15(16)17)8-18-12-2-1-3-14-7-12/h1-7H,8H2. The number of non-ortho nitro benzene ring substituents is 1. The van der Waals surface area contributed by atoms with E-state index in [-0.39, 0.29) is 12.3 Å². The first kappa shape index (κ1) is 12.0. The zero-order chi connectivity index (χ0) is 13.0. The van der Waals surface area contributed by atoms with Crippen LogP contribution in [0.1, 0.15) is 5.56 Å². The zero-order valence-corrected chi connectivity index (χ0v) is 9.25. The third-order valence-electron chi connectivity index (χ3n) is 2.19. The van der Waals surface area contributed by atoms with E-state index >= 15 is 0 Å². The zero-order valence-electron chi connectivity index (χ0n) is 9.25. The Hall–Kier alpha value is -2.50. The van der Waals surface area contributed by atoms with E-state index in [0.717, 1.165) is 6.07 Å². The van der Waals surface area contributed by atoms with Crippen LogP contribution in [-0.4, -0.2) is 9.91 Å². The lowest BCUT2D eigenvalue weighted by Gasteiger charge is -2.05. The van der Waals surface area contributed by atoms with E-state index in [1.54, 1.807) is 18.3 Å². The largest absolute Gasteiger partial charge is 0.487 e. The molecule has 1 heterocycles. The molecule has 0 aliphatic carbocycles. The van der Waals surface area contributed by atoms with Crippen LogP contribution in [0, 0.1) is 15.9 Å². The quantitative estimate of drug-likeness (QED) is 0.616. The van der Waals surface area contributed by atoms with Crippen LogP contribution in [0.4, 0.5) is 10.1 Å². The van der Waals surface area contributed by atoms with Gasteiger partial charge in [-0.2, -0.15) is 0 Å². The summed E-state index contributed by atoms with van der Waals surface area (Å²) in [4.78, 5) is 13.8. The van der Waals surface area contributed by atoms with Gasteiger partial charge in [-0.25, -0.2) is 4.39 Å². The molecule has 2 rings (SSSR count). The maximum absolute atomic E-state index is 13.1. The van der Waals surface area contributed by atoms with Gasteiger partial charge in [0.05, 0.1) is 17.2 Å². The Morgan fingerprint density at radius 2 is 2.22 bits per heavy atom. The van der Waals surface area contributed by atoms with E-state index in [9.17, 15) is 14.5 Å². The highest BCUT2D eigenvalue weighted by Crippen LogP contribution is 2.18. The van der Waals surface area contributed by atoms with Crippen LogP contribution in [0.25, 0.3) is 0 Å². The molecule has 0 radical (unpaired) electrons. The third kappa shape index (κ3) is 3.00.